The van der Waals surface area contributed by atoms with E-state index in [1.54, 1.807) is 11.8 Å². The molecule has 0 radical (unpaired) electrons. The Kier molecular flexibility index (Phi) is 5.38. The van der Waals surface area contributed by atoms with Gasteiger partial charge in [-0.25, -0.2) is 4.68 Å². The molecule has 1 fully saturated rings. The van der Waals surface area contributed by atoms with E-state index in [1.807, 2.05) is 18.7 Å². The Bertz CT molecular complexity index is 462. The molecule has 1 heterocycles. The molecule has 1 aliphatic carbocycles. The lowest BCUT2D eigenvalue weighted by molar-refractivity contribution is 0.422. The van der Waals surface area contributed by atoms with E-state index in [0.717, 1.165) is 23.8 Å². The zero-order valence-corrected chi connectivity index (χ0v) is 13.0. The molecule has 0 aromatic carbocycles. The average molecular weight is 294 g/mol. The van der Waals surface area contributed by atoms with Crippen molar-refractivity contribution in [3.63, 3.8) is 0 Å². The van der Waals surface area contributed by atoms with Crippen molar-refractivity contribution >= 4 is 11.8 Å². The van der Waals surface area contributed by atoms with Gasteiger partial charge in [-0.2, -0.15) is 5.26 Å². The summed E-state index contributed by atoms with van der Waals surface area (Å²) >= 11 is 1.69. The van der Waals surface area contributed by atoms with Gasteiger partial charge in [0.25, 0.3) is 0 Å². The van der Waals surface area contributed by atoms with Gasteiger partial charge in [-0.1, -0.05) is 24.6 Å². The number of tetrazole rings is 1. The number of rotatable bonds is 7. The molecule has 1 aliphatic rings. The molecule has 0 bridgehead atoms. The number of hydrogen-bond donors (Lipinski definition) is 1. The number of aromatic nitrogens is 4. The van der Waals surface area contributed by atoms with Crippen molar-refractivity contribution in [1.29, 1.82) is 5.26 Å². The number of nitrogens with zero attached hydrogens (tertiary/aromatic N) is 5. The predicted molar refractivity (Wildman–Crippen MR) is 78.4 cm³/mol. The third-order valence-electron chi connectivity index (χ3n) is 3.98. The van der Waals surface area contributed by atoms with E-state index in [9.17, 15) is 0 Å². The molecule has 1 unspecified atom stereocenters. The number of nitrogens with one attached hydrogen (secondary N) is 1. The Balaban J connectivity index is 1.80. The number of nitriles is 1. The van der Waals surface area contributed by atoms with Crippen LogP contribution in [0.4, 0.5) is 0 Å². The van der Waals surface area contributed by atoms with E-state index in [0.29, 0.717) is 6.04 Å². The summed E-state index contributed by atoms with van der Waals surface area (Å²) in [4.78, 5) is 0. The first-order valence-electron chi connectivity index (χ1n) is 7.19. The van der Waals surface area contributed by atoms with Gasteiger partial charge in [0.1, 0.15) is 5.54 Å². The fraction of sp³-hybridized carbons (Fsp3) is 0.846. The van der Waals surface area contributed by atoms with Crippen LogP contribution in [0.2, 0.25) is 0 Å². The van der Waals surface area contributed by atoms with Gasteiger partial charge >= 0.3 is 0 Å². The molecule has 1 aromatic rings. The lowest BCUT2D eigenvalue weighted by atomic mass is 9.99. The van der Waals surface area contributed by atoms with Crippen LogP contribution in [0, 0.1) is 11.3 Å². The fourth-order valence-electron chi connectivity index (χ4n) is 2.48. The Labute approximate surface area is 124 Å². The highest BCUT2D eigenvalue weighted by Crippen LogP contribution is 2.31. The third-order valence-corrected chi connectivity index (χ3v) is 5.00. The zero-order chi connectivity index (χ0) is 14.4. The van der Waals surface area contributed by atoms with E-state index in [1.165, 1.54) is 25.7 Å². The molecule has 1 N–H and O–H groups in total. The summed E-state index contributed by atoms with van der Waals surface area (Å²) in [6.07, 6.45) is 6.72. The van der Waals surface area contributed by atoms with Crippen molar-refractivity contribution in [3.05, 3.63) is 0 Å². The van der Waals surface area contributed by atoms with Gasteiger partial charge in [-0.15, -0.1) is 5.10 Å². The topological polar surface area (TPSA) is 79.4 Å². The molecule has 0 saturated heterocycles. The van der Waals surface area contributed by atoms with Gasteiger partial charge < -0.3 is 5.32 Å². The van der Waals surface area contributed by atoms with Crippen LogP contribution in [0.5, 0.6) is 0 Å². The molecule has 0 spiro atoms. The quantitative estimate of drug-likeness (QED) is 0.613. The fourth-order valence-corrected chi connectivity index (χ4v) is 3.37. The summed E-state index contributed by atoms with van der Waals surface area (Å²) in [6.45, 7) is 1.93. The van der Waals surface area contributed by atoms with Crippen LogP contribution in [0.1, 0.15) is 51.5 Å². The van der Waals surface area contributed by atoms with E-state index in [4.69, 9.17) is 5.26 Å². The molecule has 6 nitrogen and oxygen atoms in total. The van der Waals surface area contributed by atoms with E-state index in [2.05, 4.69) is 26.9 Å². The molecule has 1 aromatic heterocycles. The molecule has 0 aliphatic heterocycles. The highest BCUT2D eigenvalue weighted by atomic mass is 32.2. The van der Waals surface area contributed by atoms with E-state index >= 15 is 0 Å². The highest BCUT2D eigenvalue weighted by Gasteiger charge is 2.23. The number of hydrogen-bond acceptors (Lipinski definition) is 6. The Morgan fingerprint density at radius 3 is 2.90 bits per heavy atom. The minimum Gasteiger partial charge on any atom is -0.303 e. The summed E-state index contributed by atoms with van der Waals surface area (Å²) in [7, 11) is 1.83. The summed E-state index contributed by atoms with van der Waals surface area (Å²) < 4.78 is 1.99. The first kappa shape index (κ1) is 15.3. The monoisotopic (exact) mass is 294 g/mol. The van der Waals surface area contributed by atoms with Crippen LogP contribution in [0.3, 0.4) is 0 Å². The summed E-state index contributed by atoms with van der Waals surface area (Å²) in [6, 6.07) is 2.79. The molecular formula is C13H22N6S. The second-order valence-electron chi connectivity index (χ2n) is 5.49. The Morgan fingerprint density at radius 2 is 2.25 bits per heavy atom. The first-order chi connectivity index (χ1) is 9.68. The van der Waals surface area contributed by atoms with Crippen molar-refractivity contribution in [2.75, 3.05) is 12.8 Å². The minimum absolute atomic E-state index is 0.433. The predicted octanol–water partition coefficient (Wildman–Crippen LogP) is 2.16. The first-order valence-corrected chi connectivity index (χ1v) is 8.18. The van der Waals surface area contributed by atoms with Crippen molar-refractivity contribution in [2.24, 2.45) is 0 Å². The highest BCUT2D eigenvalue weighted by molar-refractivity contribution is 7.99. The van der Waals surface area contributed by atoms with E-state index in [-0.39, 0.29) is 0 Å². The molecule has 1 saturated carbocycles. The normalized spacial score (nSPS) is 18.9. The maximum atomic E-state index is 9.10. The van der Waals surface area contributed by atoms with Crippen molar-refractivity contribution in [2.45, 2.75) is 62.2 Å². The maximum Gasteiger partial charge on any atom is 0.209 e. The van der Waals surface area contributed by atoms with Gasteiger partial charge in [-0.3, -0.25) is 0 Å². The standard InChI is InChI=1S/C13H22N6S/c1-13(10-14,15-2)8-5-9-20-12-16-17-18-19(12)11-6-3-4-7-11/h11,15H,3-9H2,1-2H3. The molecular weight excluding hydrogens is 272 g/mol. The van der Waals surface area contributed by atoms with Crippen molar-refractivity contribution < 1.29 is 0 Å². The van der Waals surface area contributed by atoms with Crippen molar-refractivity contribution in [1.82, 2.24) is 25.5 Å². The second kappa shape index (κ2) is 7.04. The summed E-state index contributed by atoms with van der Waals surface area (Å²) in [5.41, 5.74) is -0.433. The summed E-state index contributed by atoms with van der Waals surface area (Å²) in [5, 5.41) is 25.1. The van der Waals surface area contributed by atoms with Crippen LogP contribution in [-0.2, 0) is 0 Å². The average Bonchev–Trinajstić information content (AvgIpc) is 3.13. The van der Waals surface area contributed by atoms with E-state index < -0.39 is 5.54 Å². The molecule has 7 heteroatoms. The lowest BCUT2D eigenvalue weighted by Gasteiger charge is -2.20. The minimum atomic E-state index is -0.433. The maximum absolute atomic E-state index is 9.10. The lowest BCUT2D eigenvalue weighted by Crippen LogP contribution is -2.37. The largest absolute Gasteiger partial charge is 0.303 e. The molecule has 2 rings (SSSR count). The third kappa shape index (κ3) is 3.70. The van der Waals surface area contributed by atoms with Gasteiger partial charge in [-0.05, 0) is 50.1 Å². The zero-order valence-electron chi connectivity index (χ0n) is 12.2. The van der Waals surface area contributed by atoms with Crippen LogP contribution in [-0.4, -0.2) is 38.5 Å². The molecule has 0 amide bonds. The van der Waals surface area contributed by atoms with Gasteiger partial charge in [0.05, 0.1) is 12.1 Å². The smallest absolute Gasteiger partial charge is 0.209 e. The van der Waals surface area contributed by atoms with Gasteiger partial charge in [0.2, 0.25) is 5.16 Å². The van der Waals surface area contributed by atoms with Crippen LogP contribution in [0.15, 0.2) is 5.16 Å². The summed E-state index contributed by atoms with van der Waals surface area (Å²) in [5.74, 6) is 0.937. The number of thioether (sulfide) groups is 1. The van der Waals surface area contributed by atoms with Crippen LogP contribution >= 0.6 is 11.8 Å². The Hall–Kier alpha value is -1.13. The van der Waals surface area contributed by atoms with Gasteiger partial charge in [0, 0.05) is 5.75 Å². The van der Waals surface area contributed by atoms with Crippen LogP contribution < -0.4 is 5.32 Å². The van der Waals surface area contributed by atoms with Crippen LogP contribution in [0.25, 0.3) is 0 Å². The van der Waals surface area contributed by atoms with Crippen molar-refractivity contribution in [3.8, 4) is 6.07 Å². The Morgan fingerprint density at radius 1 is 1.50 bits per heavy atom. The SMILES string of the molecule is CNC(C)(C#N)CCCSc1nnnn1C1CCCC1. The molecule has 20 heavy (non-hydrogen) atoms. The molecule has 110 valence electrons. The molecule has 1 atom stereocenters. The van der Waals surface area contributed by atoms with Gasteiger partial charge in [0.15, 0.2) is 0 Å². The second-order valence-corrected chi connectivity index (χ2v) is 6.55.